The molecular formula is C19H20FNO2. The molecule has 1 unspecified atom stereocenters. The van der Waals surface area contributed by atoms with Crippen molar-refractivity contribution < 1.29 is 13.9 Å². The van der Waals surface area contributed by atoms with Crippen LogP contribution >= 0.6 is 0 Å². The maximum atomic E-state index is 13.1. The van der Waals surface area contributed by atoms with Crippen LogP contribution in [0, 0.1) is 5.82 Å². The Labute approximate surface area is 136 Å². The van der Waals surface area contributed by atoms with Gasteiger partial charge in [0.2, 0.25) is 5.91 Å². The standard InChI is InChI=1S/C19H20FNO2/c1-14(17-9-4-5-10-18(17)23-3)21(2)19(22)12-11-15-7-6-8-16(20)13-15/h4-14H,1-3H3/b12-11+. The van der Waals surface area contributed by atoms with Gasteiger partial charge in [-0.1, -0.05) is 30.3 Å². The first kappa shape index (κ1) is 16.7. The second-order valence-corrected chi connectivity index (χ2v) is 5.26. The van der Waals surface area contributed by atoms with Crippen molar-refractivity contribution in [3.05, 3.63) is 71.6 Å². The van der Waals surface area contributed by atoms with Gasteiger partial charge in [-0.05, 0) is 36.8 Å². The molecule has 0 N–H and O–H groups in total. The first-order valence-electron chi connectivity index (χ1n) is 7.36. The largest absolute Gasteiger partial charge is 0.496 e. The second-order valence-electron chi connectivity index (χ2n) is 5.26. The smallest absolute Gasteiger partial charge is 0.246 e. The number of likely N-dealkylation sites (N-methyl/N-ethyl adjacent to an activating group) is 1. The van der Waals surface area contributed by atoms with Gasteiger partial charge in [0.05, 0.1) is 13.2 Å². The van der Waals surface area contributed by atoms with E-state index in [0.717, 1.165) is 11.3 Å². The van der Waals surface area contributed by atoms with Gasteiger partial charge in [0.1, 0.15) is 11.6 Å². The Hall–Kier alpha value is -2.62. The molecule has 0 fully saturated rings. The number of ether oxygens (including phenoxy) is 1. The van der Waals surface area contributed by atoms with Crippen molar-refractivity contribution in [2.75, 3.05) is 14.2 Å². The molecule has 4 heteroatoms. The number of hydrogen-bond donors (Lipinski definition) is 0. The van der Waals surface area contributed by atoms with E-state index in [2.05, 4.69) is 0 Å². The van der Waals surface area contributed by atoms with Crippen molar-refractivity contribution in [3.63, 3.8) is 0 Å². The van der Waals surface area contributed by atoms with E-state index in [9.17, 15) is 9.18 Å². The van der Waals surface area contributed by atoms with Crippen LogP contribution in [0.2, 0.25) is 0 Å². The minimum Gasteiger partial charge on any atom is -0.496 e. The summed E-state index contributed by atoms with van der Waals surface area (Å²) >= 11 is 0. The number of nitrogens with zero attached hydrogens (tertiary/aromatic N) is 1. The fourth-order valence-electron chi connectivity index (χ4n) is 2.31. The van der Waals surface area contributed by atoms with Gasteiger partial charge >= 0.3 is 0 Å². The Morgan fingerprint density at radius 3 is 2.65 bits per heavy atom. The van der Waals surface area contributed by atoms with E-state index in [4.69, 9.17) is 4.74 Å². The number of methoxy groups -OCH3 is 1. The quantitative estimate of drug-likeness (QED) is 0.779. The molecular weight excluding hydrogens is 293 g/mol. The van der Waals surface area contributed by atoms with Crippen LogP contribution in [0.1, 0.15) is 24.1 Å². The Morgan fingerprint density at radius 1 is 1.22 bits per heavy atom. The maximum absolute atomic E-state index is 13.1. The predicted octanol–water partition coefficient (Wildman–Crippen LogP) is 4.07. The fourth-order valence-corrected chi connectivity index (χ4v) is 2.31. The zero-order valence-corrected chi connectivity index (χ0v) is 13.5. The van der Waals surface area contributed by atoms with E-state index >= 15 is 0 Å². The maximum Gasteiger partial charge on any atom is 0.246 e. The van der Waals surface area contributed by atoms with E-state index in [1.165, 1.54) is 18.2 Å². The molecule has 0 saturated heterocycles. The van der Waals surface area contributed by atoms with Gasteiger partial charge in [0.15, 0.2) is 0 Å². The summed E-state index contributed by atoms with van der Waals surface area (Å²) < 4.78 is 18.5. The van der Waals surface area contributed by atoms with Crippen molar-refractivity contribution >= 4 is 12.0 Å². The van der Waals surface area contributed by atoms with Gasteiger partial charge in [-0.15, -0.1) is 0 Å². The number of amides is 1. The molecule has 0 spiro atoms. The van der Waals surface area contributed by atoms with Crippen LogP contribution < -0.4 is 4.74 Å². The summed E-state index contributed by atoms with van der Waals surface area (Å²) in [6.07, 6.45) is 3.05. The minimum absolute atomic E-state index is 0.143. The van der Waals surface area contributed by atoms with Gasteiger partial charge in [0, 0.05) is 18.7 Å². The van der Waals surface area contributed by atoms with Crippen LogP contribution in [0.3, 0.4) is 0 Å². The molecule has 0 aliphatic carbocycles. The highest BCUT2D eigenvalue weighted by Gasteiger charge is 2.18. The molecule has 2 rings (SSSR count). The third kappa shape index (κ3) is 4.19. The molecule has 1 amide bonds. The van der Waals surface area contributed by atoms with Gasteiger partial charge in [0.25, 0.3) is 0 Å². The molecule has 120 valence electrons. The number of benzene rings is 2. The van der Waals surface area contributed by atoms with Crippen molar-refractivity contribution in [1.82, 2.24) is 4.90 Å². The van der Waals surface area contributed by atoms with Crippen LogP contribution in [-0.2, 0) is 4.79 Å². The Kier molecular flexibility index (Phi) is 5.52. The summed E-state index contributed by atoms with van der Waals surface area (Å²) in [4.78, 5) is 13.9. The normalized spacial score (nSPS) is 12.2. The monoisotopic (exact) mass is 313 g/mol. The average Bonchev–Trinajstić information content (AvgIpc) is 2.58. The highest BCUT2D eigenvalue weighted by molar-refractivity contribution is 5.91. The molecule has 23 heavy (non-hydrogen) atoms. The van der Waals surface area contributed by atoms with Gasteiger partial charge in [-0.2, -0.15) is 0 Å². The van der Waals surface area contributed by atoms with Crippen LogP contribution in [0.15, 0.2) is 54.6 Å². The zero-order valence-electron chi connectivity index (χ0n) is 13.5. The zero-order chi connectivity index (χ0) is 16.8. The number of hydrogen-bond acceptors (Lipinski definition) is 2. The first-order valence-corrected chi connectivity index (χ1v) is 7.36. The lowest BCUT2D eigenvalue weighted by atomic mass is 10.1. The van der Waals surface area contributed by atoms with Crippen molar-refractivity contribution in [2.45, 2.75) is 13.0 Å². The molecule has 0 saturated carbocycles. The molecule has 0 heterocycles. The van der Waals surface area contributed by atoms with Crippen molar-refractivity contribution in [3.8, 4) is 5.75 Å². The summed E-state index contributed by atoms with van der Waals surface area (Å²) in [5.41, 5.74) is 1.58. The summed E-state index contributed by atoms with van der Waals surface area (Å²) in [5, 5.41) is 0. The topological polar surface area (TPSA) is 29.5 Å². The molecule has 2 aromatic carbocycles. The van der Waals surface area contributed by atoms with Crippen LogP contribution in [0.5, 0.6) is 5.75 Å². The number of para-hydroxylation sites is 1. The molecule has 1 atom stereocenters. The van der Waals surface area contributed by atoms with E-state index in [1.807, 2.05) is 31.2 Å². The van der Waals surface area contributed by atoms with Crippen LogP contribution in [-0.4, -0.2) is 25.0 Å². The molecule has 0 aliphatic heterocycles. The lowest BCUT2D eigenvalue weighted by molar-refractivity contribution is -0.126. The minimum atomic E-state index is -0.324. The highest BCUT2D eigenvalue weighted by Crippen LogP contribution is 2.28. The highest BCUT2D eigenvalue weighted by atomic mass is 19.1. The number of carbonyl (C=O) groups excluding carboxylic acids is 1. The third-order valence-electron chi connectivity index (χ3n) is 3.78. The summed E-state index contributed by atoms with van der Waals surface area (Å²) in [6.45, 7) is 1.94. The Balaban J connectivity index is 2.12. The fraction of sp³-hybridized carbons (Fsp3) is 0.211. The molecule has 3 nitrogen and oxygen atoms in total. The van der Waals surface area contributed by atoms with Crippen LogP contribution in [0.25, 0.3) is 6.08 Å². The average molecular weight is 313 g/mol. The van der Waals surface area contributed by atoms with E-state index in [1.54, 1.807) is 37.3 Å². The van der Waals surface area contributed by atoms with Gasteiger partial charge in [-0.3, -0.25) is 4.79 Å². The number of carbonyl (C=O) groups is 1. The molecule has 0 bridgehead atoms. The summed E-state index contributed by atoms with van der Waals surface area (Å²) in [5.74, 6) is 0.261. The Bertz CT molecular complexity index is 712. The number of halogens is 1. The van der Waals surface area contributed by atoms with E-state index in [0.29, 0.717) is 5.56 Å². The third-order valence-corrected chi connectivity index (χ3v) is 3.78. The SMILES string of the molecule is COc1ccccc1C(C)N(C)C(=O)/C=C/c1cccc(F)c1. The first-order chi connectivity index (χ1) is 11.0. The Morgan fingerprint density at radius 2 is 1.96 bits per heavy atom. The van der Waals surface area contributed by atoms with E-state index < -0.39 is 0 Å². The number of rotatable bonds is 5. The van der Waals surface area contributed by atoms with Crippen molar-refractivity contribution in [2.24, 2.45) is 0 Å². The molecule has 2 aromatic rings. The van der Waals surface area contributed by atoms with Gasteiger partial charge < -0.3 is 9.64 Å². The van der Waals surface area contributed by atoms with Crippen molar-refractivity contribution in [1.29, 1.82) is 0 Å². The summed E-state index contributed by atoms with van der Waals surface area (Å²) in [6, 6.07) is 13.6. The molecule has 0 aromatic heterocycles. The van der Waals surface area contributed by atoms with Crippen LogP contribution in [0.4, 0.5) is 4.39 Å². The van der Waals surface area contributed by atoms with E-state index in [-0.39, 0.29) is 17.8 Å². The summed E-state index contributed by atoms with van der Waals surface area (Å²) in [7, 11) is 3.34. The van der Waals surface area contributed by atoms with Gasteiger partial charge in [-0.25, -0.2) is 4.39 Å². The molecule has 0 radical (unpaired) electrons. The molecule has 0 aliphatic rings. The lowest BCUT2D eigenvalue weighted by Crippen LogP contribution is -2.28. The second kappa shape index (κ2) is 7.58. The lowest BCUT2D eigenvalue weighted by Gasteiger charge is -2.25. The predicted molar refractivity (Wildman–Crippen MR) is 89.6 cm³/mol.